The van der Waals surface area contributed by atoms with Gasteiger partial charge in [-0.15, -0.1) is 0 Å². The number of carbonyl (C=O) groups excluding carboxylic acids is 2. The molecule has 3 heterocycles. The van der Waals surface area contributed by atoms with Gasteiger partial charge in [-0.1, -0.05) is 5.16 Å². The first-order valence-electron chi connectivity index (χ1n) is 7.46. The van der Waals surface area contributed by atoms with Crippen LogP contribution < -0.4 is 0 Å². The van der Waals surface area contributed by atoms with E-state index in [1.54, 1.807) is 14.1 Å². The van der Waals surface area contributed by atoms with Crippen LogP contribution in [0.4, 0.5) is 13.2 Å². The van der Waals surface area contributed by atoms with Gasteiger partial charge in [0.25, 0.3) is 11.8 Å². The van der Waals surface area contributed by atoms with Gasteiger partial charge in [0.1, 0.15) is 5.69 Å². The van der Waals surface area contributed by atoms with E-state index in [1.807, 2.05) is 0 Å². The van der Waals surface area contributed by atoms with Crippen molar-refractivity contribution in [3.63, 3.8) is 0 Å². The lowest BCUT2D eigenvalue weighted by atomic mass is 10.00. The van der Waals surface area contributed by atoms with Crippen LogP contribution in [0.5, 0.6) is 0 Å². The van der Waals surface area contributed by atoms with E-state index in [-0.39, 0.29) is 36.2 Å². The number of carbonyl (C=O) groups is 2. The summed E-state index contributed by atoms with van der Waals surface area (Å²) in [6.07, 6.45) is -4.14. The second-order valence-electron chi connectivity index (χ2n) is 6.06. The Labute approximate surface area is 141 Å². The fraction of sp³-hybridized carbons (Fsp3) is 0.467. The van der Waals surface area contributed by atoms with Crippen molar-refractivity contribution in [2.24, 2.45) is 11.1 Å². The third-order valence-electron chi connectivity index (χ3n) is 4.11. The van der Waals surface area contributed by atoms with Crippen LogP contribution in [0.3, 0.4) is 0 Å². The molecule has 2 aliphatic heterocycles. The highest BCUT2D eigenvalue weighted by Crippen LogP contribution is 2.30. The fourth-order valence-electron chi connectivity index (χ4n) is 2.83. The zero-order chi connectivity index (χ0) is 18.4. The Morgan fingerprint density at radius 2 is 2.04 bits per heavy atom. The van der Waals surface area contributed by atoms with Gasteiger partial charge >= 0.3 is 6.18 Å². The highest BCUT2D eigenvalue weighted by Gasteiger charge is 2.46. The average Bonchev–Trinajstić information content (AvgIpc) is 3.13. The normalized spacial score (nSPS) is 22.3. The zero-order valence-electron chi connectivity index (χ0n) is 13.4. The molecule has 0 bridgehead atoms. The lowest BCUT2D eigenvalue weighted by Gasteiger charge is -2.18. The maximum Gasteiger partial charge on any atom is 0.433 e. The molecule has 3 rings (SSSR count). The summed E-state index contributed by atoms with van der Waals surface area (Å²) < 4.78 is 38.2. The standard InChI is InChI=1S/C15H15F3N4O3/c1-21(2)14(24)12-9-6-22(7-10(9)25-20-12)13(23)8-3-4-19-11(5-8)15(16,17)18/h3-5,9-10H,6-7H2,1-2H3/t9-,10+/m0/s1. The minimum Gasteiger partial charge on any atom is -0.389 e. The molecule has 2 aliphatic rings. The van der Waals surface area contributed by atoms with Gasteiger partial charge in [0.15, 0.2) is 11.8 Å². The molecule has 0 saturated carbocycles. The SMILES string of the molecule is CN(C)C(=O)C1=NO[C@@H]2CN(C(=O)c3ccnc(C(F)(F)F)c3)C[C@H]12. The summed E-state index contributed by atoms with van der Waals surface area (Å²) in [5, 5.41) is 3.78. The van der Waals surface area contributed by atoms with Crippen molar-refractivity contribution in [1.82, 2.24) is 14.8 Å². The largest absolute Gasteiger partial charge is 0.433 e. The first-order valence-corrected chi connectivity index (χ1v) is 7.46. The van der Waals surface area contributed by atoms with Crippen molar-refractivity contribution in [3.05, 3.63) is 29.6 Å². The molecule has 0 aliphatic carbocycles. The third-order valence-corrected chi connectivity index (χ3v) is 4.11. The molecule has 0 aromatic carbocycles. The van der Waals surface area contributed by atoms with Gasteiger partial charge in [0.2, 0.25) is 0 Å². The van der Waals surface area contributed by atoms with E-state index in [9.17, 15) is 22.8 Å². The molecule has 1 aromatic rings. The molecule has 0 radical (unpaired) electrons. The molecule has 1 saturated heterocycles. The minimum atomic E-state index is -4.63. The Morgan fingerprint density at radius 1 is 1.32 bits per heavy atom. The average molecular weight is 356 g/mol. The minimum absolute atomic E-state index is 0.111. The number of aromatic nitrogens is 1. The topological polar surface area (TPSA) is 75.1 Å². The number of halogens is 3. The van der Waals surface area contributed by atoms with Crippen LogP contribution in [-0.4, -0.2) is 65.6 Å². The number of fused-ring (bicyclic) bond motifs is 1. The Bertz CT molecular complexity index is 748. The lowest BCUT2D eigenvalue weighted by Crippen LogP contribution is -2.36. The van der Waals surface area contributed by atoms with Crippen LogP contribution >= 0.6 is 0 Å². The molecule has 10 heteroatoms. The zero-order valence-corrected chi connectivity index (χ0v) is 13.4. The summed E-state index contributed by atoms with van der Waals surface area (Å²) in [5.74, 6) is -1.27. The molecule has 25 heavy (non-hydrogen) atoms. The summed E-state index contributed by atoms with van der Waals surface area (Å²) in [6, 6.07) is 1.95. The summed E-state index contributed by atoms with van der Waals surface area (Å²) in [6.45, 7) is 0.312. The monoisotopic (exact) mass is 356 g/mol. The predicted octanol–water partition coefficient (Wildman–Crippen LogP) is 1.02. The molecule has 2 amide bonds. The molecule has 2 atom stereocenters. The summed E-state index contributed by atoms with van der Waals surface area (Å²) >= 11 is 0. The highest BCUT2D eigenvalue weighted by molar-refractivity contribution is 6.40. The Morgan fingerprint density at radius 3 is 2.68 bits per heavy atom. The van der Waals surface area contributed by atoms with Crippen molar-refractivity contribution in [2.45, 2.75) is 12.3 Å². The van der Waals surface area contributed by atoms with Gasteiger partial charge in [-0.2, -0.15) is 13.2 Å². The summed E-state index contributed by atoms with van der Waals surface area (Å²) in [7, 11) is 3.15. The molecule has 0 unspecified atom stereocenters. The van der Waals surface area contributed by atoms with Crippen LogP contribution in [0.25, 0.3) is 0 Å². The number of hydrogen-bond acceptors (Lipinski definition) is 5. The van der Waals surface area contributed by atoms with Crippen molar-refractivity contribution in [3.8, 4) is 0 Å². The second-order valence-corrected chi connectivity index (χ2v) is 6.06. The van der Waals surface area contributed by atoms with Gasteiger partial charge in [0, 0.05) is 32.4 Å². The predicted molar refractivity (Wildman–Crippen MR) is 79.6 cm³/mol. The molecular formula is C15H15F3N4O3. The summed E-state index contributed by atoms with van der Waals surface area (Å²) in [5.41, 5.74) is -1.02. The Balaban J connectivity index is 1.76. The maximum atomic E-state index is 12.7. The third kappa shape index (κ3) is 3.15. The van der Waals surface area contributed by atoms with E-state index in [1.165, 1.54) is 15.9 Å². The number of alkyl halides is 3. The van der Waals surface area contributed by atoms with E-state index in [4.69, 9.17) is 4.84 Å². The lowest BCUT2D eigenvalue weighted by molar-refractivity contribution is -0.141. The number of hydrogen-bond donors (Lipinski definition) is 0. The van der Waals surface area contributed by atoms with Crippen molar-refractivity contribution in [2.75, 3.05) is 27.2 Å². The van der Waals surface area contributed by atoms with Gasteiger partial charge in [-0.3, -0.25) is 14.6 Å². The summed E-state index contributed by atoms with van der Waals surface area (Å²) in [4.78, 5) is 35.7. The van der Waals surface area contributed by atoms with Crippen LogP contribution in [0.2, 0.25) is 0 Å². The number of oxime groups is 1. The van der Waals surface area contributed by atoms with Crippen molar-refractivity contribution < 1.29 is 27.6 Å². The van der Waals surface area contributed by atoms with Crippen LogP contribution in [0.15, 0.2) is 23.5 Å². The first-order chi connectivity index (χ1) is 11.7. The molecule has 0 spiro atoms. The van der Waals surface area contributed by atoms with Gasteiger partial charge in [-0.25, -0.2) is 0 Å². The Kier molecular flexibility index (Phi) is 4.13. The van der Waals surface area contributed by atoms with E-state index >= 15 is 0 Å². The fourth-order valence-corrected chi connectivity index (χ4v) is 2.83. The second kappa shape index (κ2) is 6.01. The number of rotatable bonds is 2. The van der Waals surface area contributed by atoms with E-state index < -0.39 is 23.9 Å². The highest BCUT2D eigenvalue weighted by atomic mass is 19.4. The number of likely N-dealkylation sites (tertiary alicyclic amines) is 1. The molecule has 0 N–H and O–H groups in total. The van der Waals surface area contributed by atoms with Gasteiger partial charge in [0.05, 0.1) is 12.5 Å². The maximum absolute atomic E-state index is 12.7. The number of nitrogens with zero attached hydrogens (tertiary/aromatic N) is 4. The number of pyridine rings is 1. The van der Waals surface area contributed by atoms with Gasteiger partial charge in [-0.05, 0) is 12.1 Å². The Hall–Kier alpha value is -2.65. The van der Waals surface area contributed by atoms with E-state index in [0.29, 0.717) is 0 Å². The van der Waals surface area contributed by atoms with Crippen LogP contribution in [0.1, 0.15) is 16.1 Å². The van der Waals surface area contributed by atoms with E-state index in [2.05, 4.69) is 10.1 Å². The quantitative estimate of drug-likeness (QED) is 0.793. The van der Waals surface area contributed by atoms with E-state index in [0.717, 1.165) is 12.3 Å². The molecule has 1 fully saturated rings. The van der Waals surface area contributed by atoms with Crippen molar-refractivity contribution in [1.29, 1.82) is 0 Å². The smallest absolute Gasteiger partial charge is 0.389 e. The molecule has 1 aromatic heterocycles. The molecular weight excluding hydrogens is 341 g/mol. The van der Waals surface area contributed by atoms with Crippen LogP contribution in [-0.2, 0) is 15.8 Å². The van der Waals surface area contributed by atoms with Crippen LogP contribution in [0, 0.1) is 5.92 Å². The first kappa shape index (κ1) is 17.2. The van der Waals surface area contributed by atoms with Crippen molar-refractivity contribution >= 4 is 17.5 Å². The molecule has 134 valence electrons. The molecule has 7 nitrogen and oxygen atoms in total. The van der Waals surface area contributed by atoms with Gasteiger partial charge < -0.3 is 14.6 Å². The number of amides is 2.